The fraction of sp³-hybridized carbons (Fsp3) is 0.486. The van der Waals surface area contributed by atoms with Crippen LogP contribution >= 0.6 is 0 Å². The molecule has 13 nitrogen and oxygen atoms in total. The number of rotatable bonds is 9. The second-order valence-electron chi connectivity index (χ2n) is 13.6. The number of anilines is 1. The largest absolute Gasteiger partial charge is 0.486 e. The Labute approximate surface area is 296 Å². The Hall–Kier alpha value is -5.00. The van der Waals surface area contributed by atoms with Gasteiger partial charge in [0.25, 0.3) is 0 Å². The third-order valence-corrected chi connectivity index (χ3v) is 10.2. The van der Waals surface area contributed by atoms with E-state index in [1.165, 1.54) is 16.7 Å². The van der Waals surface area contributed by atoms with Crippen LogP contribution in [0.2, 0.25) is 0 Å². The number of alkyl carbamates (subject to hydrolysis) is 1. The molecule has 4 saturated heterocycles. The summed E-state index contributed by atoms with van der Waals surface area (Å²) in [4.78, 5) is 40.3. The van der Waals surface area contributed by atoms with Crippen molar-refractivity contribution in [3.8, 4) is 23.2 Å². The number of hydrogen-bond donors (Lipinski definition) is 2. The lowest BCUT2D eigenvalue weighted by Gasteiger charge is -2.36. The zero-order chi connectivity index (χ0) is 35.5. The molecule has 0 bridgehead atoms. The van der Waals surface area contributed by atoms with Crippen molar-refractivity contribution in [1.82, 2.24) is 30.0 Å². The number of likely N-dealkylation sites (tertiary alicyclic amines) is 1. The first-order valence-electron chi connectivity index (χ1n) is 17.6. The highest BCUT2D eigenvalue weighted by molar-refractivity contribution is 5.89. The van der Waals surface area contributed by atoms with E-state index < -0.39 is 36.4 Å². The van der Waals surface area contributed by atoms with Gasteiger partial charge in [-0.1, -0.05) is 18.7 Å². The van der Waals surface area contributed by atoms with Gasteiger partial charge in [-0.2, -0.15) is 5.26 Å². The number of nitrogens with one attached hydrogen (secondary N) is 2. The molecule has 14 heteroatoms. The average Bonchev–Trinajstić information content (AvgIpc) is 3.34. The second-order valence-corrected chi connectivity index (χ2v) is 13.6. The summed E-state index contributed by atoms with van der Waals surface area (Å²) in [7, 11) is 0. The minimum Gasteiger partial charge on any atom is -0.486 e. The average molecular weight is 699 g/mol. The number of amides is 2. The van der Waals surface area contributed by atoms with Crippen LogP contribution in [-0.2, 0) is 14.3 Å². The lowest BCUT2D eigenvalue weighted by atomic mass is 10.0. The molecule has 2 N–H and O–H groups in total. The summed E-state index contributed by atoms with van der Waals surface area (Å²) in [5.74, 6) is 0.959. The van der Waals surface area contributed by atoms with Crippen LogP contribution < -0.4 is 15.4 Å². The van der Waals surface area contributed by atoms with Gasteiger partial charge in [-0.25, -0.2) is 19.2 Å². The van der Waals surface area contributed by atoms with Crippen molar-refractivity contribution in [1.29, 1.82) is 5.26 Å². The molecule has 2 amide bonds. The van der Waals surface area contributed by atoms with Crippen LogP contribution in [0.1, 0.15) is 30.4 Å². The zero-order valence-corrected chi connectivity index (χ0v) is 28.7. The molecule has 1 aromatic heterocycles. The minimum absolute atomic E-state index is 0.0697. The number of halogens is 1. The van der Waals surface area contributed by atoms with Gasteiger partial charge in [0, 0.05) is 68.2 Å². The smallest absolute Gasteiger partial charge is 0.408 e. The first-order valence-corrected chi connectivity index (χ1v) is 17.6. The van der Waals surface area contributed by atoms with E-state index in [1.54, 1.807) is 24.4 Å². The molecule has 1 aliphatic carbocycles. The van der Waals surface area contributed by atoms with Crippen molar-refractivity contribution < 1.29 is 28.2 Å². The number of alkyl halides is 1. The Morgan fingerprint density at radius 2 is 2.10 bits per heavy atom. The van der Waals surface area contributed by atoms with E-state index in [0.29, 0.717) is 23.2 Å². The highest BCUT2D eigenvalue weighted by Gasteiger charge is 2.42. The number of piperidine rings is 1. The SMILES string of the molecule is C=C[C@@H]1OC(=O)N[C@@H]1C(=O)N1CC[C@H](Oc2ccc(-c3ncc(C)c(NC4C=CC(N5CCCN(C6COC6)CC5)=CC4)n3)cc2C#N)[C@H](F)C1. The highest BCUT2D eigenvalue weighted by atomic mass is 19.1. The van der Waals surface area contributed by atoms with Crippen LogP contribution in [0.25, 0.3) is 11.4 Å². The van der Waals surface area contributed by atoms with E-state index >= 15 is 4.39 Å². The molecule has 268 valence electrons. The van der Waals surface area contributed by atoms with Gasteiger partial charge in [-0.05, 0) is 50.1 Å². The Balaban J connectivity index is 0.955. The van der Waals surface area contributed by atoms with Gasteiger partial charge in [-0.3, -0.25) is 9.69 Å². The van der Waals surface area contributed by atoms with Gasteiger partial charge in [0.05, 0.1) is 31.4 Å². The van der Waals surface area contributed by atoms with E-state index in [1.807, 2.05) is 6.92 Å². The number of carbonyl (C=O) groups excluding carboxylic acids is 2. The van der Waals surface area contributed by atoms with Crippen molar-refractivity contribution in [3.05, 3.63) is 72.1 Å². The fourth-order valence-corrected chi connectivity index (χ4v) is 7.10. The monoisotopic (exact) mass is 698 g/mol. The van der Waals surface area contributed by atoms with Crippen molar-refractivity contribution in [3.63, 3.8) is 0 Å². The van der Waals surface area contributed by atoms with E-state index in [4.69, 9.17) is 19.2 Å². The first-order chi connectivity index (χ1) is 24.8. The first kappa shape index (κ1) is 34.4. The standard InChI is InChI=1S/C37H43FN8O5/c1-3-30-33(42-37(48)51-30)36(47)46-14-11-32(29(38)20-46)50-31-10-5-24(17-25(31)18-39)35-40-19-23(2)34(43-35)41-26-6-8-27(9-7-26)44-12-4-13-45(16-15-44)28-21-49-22-28/h3,5-6,8-10,17,19,26,28-30,32-33H,1,4,7,11-16,20-22H2,2H3,(H,42,48)(H,40,41,43)/t26?,29-,30+,32+,33+/m1/s1. The number of benzene rings is 1. The molecule has 0 spiro atoms. The van der Waals surface area contributed by atoms with E-state index in [-0.39, 0.29) is 36.9 Å². The number of aryl methyl sites for hydroxylation is 1. The summed E-state index contributed by atoms with van der Waals surface area (Å²) < 4.78 is 31.8. The van der Waals surface area contributed by atoms with Crippen molar-refractivity contribution >= 4 is 17.8 Å². The van der Waals surface area contributed by atoms with Gasteiger partial charge < -0.3 is 34.6 Å². The Bertz CT molecular complexity index is 1760. The van der Waals surface area contributed by atoms with E-state index in [0.717, 1.165) is 57.8 Å². The lowest BCUT2D eigenvalue weighted by Crippen LogP contribution is -2.55. The topological polar surface area (TPSA) is 145 Å². The molecule has 5 heterocycles. The highest BCUT2D eigenvalue weighted by Crippen LogP contribution is 2.30. The molecule has 4 fully saturated rings. The summed E-state index contributed by atoms with van der Waals surface area (Å²) in [6.45, 7) is 11.5. The molecule has 51 heavy (non-hydrogen) atoms. The zero-order valence-electron chi connectivity index (χ0n) is 28.7. The van der Waals surface area contributed by atoms with Crippen LogP contribution in [-0.4, -0.2) is 126 Å². The van der Waals surface area contributed by atoms with Crippen LogP contribution in [0.4, 0.5) is 15.0 Å². The van der Waals surface area contributed by atoms with E-state index in [9.17, 15) is 14.9 Å². The number of ether oxygens (including phenoxy) is 3. The summed E-state index contributed by atoms with van der Waals surface area (Å²) in [5, 5.41) is 16.0. The van der Waals surface area contributed by atoms with Gasteiger partial charge in [-0.15, -0.1) is 0 Å². The van der Waals surface area contributed by atoms with Gasteiger partial charge >= 0.3 is 6.09 Å². The maximum Gasteiger partial charge on any atom is 0.408 e. The summed E-state index contributed by atoms with van der Waals surface area (Å²) >= 11 is 0. The number of carbonyl (C=O) groups is 2. The van der Waals surface area contributed by atoms with E-state index in [2.05, 4.69) is 56.3 Å². The second kappa shape index (κ2) is 15.1. The number of aromatic nitrogens is 2. The van der Waals surface area contributed by atoms with Crippen molar-refractivity contribution in [2.45, 2.75) is 62.7 Å². The fourth-order valence-electron chi connectivity index (χ4n) is 7.10. The molecule has 5 aliphatic rings. The van der Waals surface area contributed by atoms with Gasteiger partial charge in [0.15, 0.2) is 24.1 Å². The molecule has 1 aromatic carbocycles. The molecule has 5 atom stereocenters. The number of hydrogen-bond acceptors (Lipinski definition) is 11. The lowest BCUT2D eigenvalue weighted by molar-refractivity contribution is -0.137. The van der Waals surface area contributed by atoms with Crippen LogP contribution in [0.15, 0.2) is 61.0 Å². The molecule has 0 saturated carbocycles. The maximum atomic E-state index is 15.3. The summed E-state index contributed by atoms with van der Waals surface area (Å²) in [6.07, 6.45) is 8.08. The third-order valence-electron chi connectivity index (χ3n) is 10.2. The Morgan fingerprint density at radius 3 is 2.82 bits per heavy atom. The molecule has 0 radical (unpaired) electrons. The van der Waals surface area contributed by atoms with Crippen LogP contribution in [0, 0.1) is 18.3 Å². The third kappa shape index (κ3) is 7.55. The molecule has 7 rings (SSSR count). The van der Waals surface area contributed by atoms with Crippen LogP contribution in [0.3, 0.4) is 0 Å². The molecule has 4 aliphatic heterocycles. The molecule has 1 unspecified atom stereocenters. The molecular weight excluding hydrogens is 655 g/mol. The summed E-state index contributed by atoms with van der Waals surface area (Å²) in [6, 6.07) is 6.88. The summed E-state index contributed by atoms with van der Waals surface area (Å²) in [5.41, 5.74) is 3.01. The number of allylic oxidation sites excluding steroid dienone is 1. The molecule has 2 aromatic rings. The quantitative estimate of drug-likeness (QED) is 0.372. The van der Waals surface area contributed by atoms with Crippen molar-refractivity contribution in [2.75, 3.05) is 57.8 Å². The normalized spacial score (nSPS) is 27.0. The van der Waals surface area contributed by atoms with Gasteiger partial charge in [0.1, 0.15) is 23.7 Å². The predicted molar refractivity (Wildman–Crippen MR) is 186 cm³/mol. The molecular formula is C37H43FN8O5. The van der Waals surface area contributed by atoms with Gasteiger partial charge in [0.2, 0.25) is 5.91 Å². The van der Waals surface area contributed by atoms with Crippen LogP contribution in [0.5, 0.6) is 5.75 Å². The number of nitriles is 1. The Kier molecular flexibility index (Phi) is 10.2. The van der Waals surface area contributed by atoms with Crippen molar-refractivity contribution in [2.24, 2.45) is 0 Å². The maximum absolute atomic E-state index is 15.3. The minimum atomic E-state index is -1.51. The number of nitrogens with zero attached hydrogens (tertiary/aromatic N) is 6. The Morgan fingerprint density at radius 1 is 1.24 bits per heavy atom. The number of cyclic esters (lactones) is 1. The predicted octanol–water partition coefficient (Wildman–Crippen LogP) is 3.34.